The van der Waals surface area contributed by atoms with Crippen LogP contribution in [0.5, 0.6) is 0 Å². The van der Waals surface area contributed by atoms with E-state index >= 15 is 0 Å². The van der Waals surface area contributed by atoms with Crippen molar-refractivity contribution in [3.63, 3.8) is 0 Å². The molecule has 0 amide bonds. The first kappa shape index (κ1) is 14.5. The van der Waals surface area contributed by atoms with Crippen molar-refractivity contribution in [2.45, 2.75) is 19.9 Å². The zero-order chi connectivity index (χ0) is 14.5. The van der Waals surface area contributed by atoms with Gasteiger partial charge in [0.05, 0.1) is 5.69 Å². The number of aryl methyl sites for hydroxylation is 1. The van der Waals surface area contributed by atoms with Gasteiger partial charge < -0.3 is 11.1 Å². The first-order chi connectivity index (χ1) is 9.60. The molecule has 0 aliphatic heterocycles. The van der Waals surface area contributed by atoms with Gasteiger partial charge in [-0.25, -0.2) is 4.39 Å². The van der Waals surface area contributed by atoms with E-state index in [0.717, 1.165) is 12.0 Å². The summed E-state index contributed by atoms with van der Waals surface area (Å²) in [6.45, 7) is 2.69. The zero-order valence-electron chi connectivity index (χ0n) is 11.3. The molecule has 4 heteroatoms. The van der Waals surface area contributed by atoms with Crippen LogP contribution in [-0.4, -0.2) is 4.99 Å². The van der Waals surface area contributed by atoms with E-state index in [1.807, 2.05) is 12.1 Å². The third-order valence-electron chi connectivity index (χ3n) is 3.17. The maximum absolute atomic E-state index is 13.9. The molecule has 3 N–H and O–H groups in total. The van der Waals surface area contributed by atoms with Crippen LogP contribution < -0.4 is 11.1 Å². The first-order valence-corrected chi connectivity index (χ1v) is 6.92. The lowest BCUT2D eigenvalue weighted by atomic mass is 10.1. The average Bonchev–Trinajstić information content (AvgIpc) is 2.46. The van der Waals surface area contributed by atoms with Crippen LogP contribution in [0, 0.1) is 5.82 Å². The zero-order valence-corrected chi connectivity index (χ0v) is 12.1. The number of hydrogen-bond acceptors (Lipinski definition) is 2. The number of benzene rings is 2. The molecule has 0 radical (unpaired) electrons. The minimum atomic E-state index is -0.347. The SMILES string of the molecule is CCc1ccc(CNc2ccc(C(N)=S)cc2F)cc1. The quantitative estimate of drug-likeness (QED) is 0.825. The summed E-state index contributed by atoms with van der Waals surface area (Å²) in [5, 5.41) is 3.07. The van der Waals surface area contributed by atoms with Gasteiger partial charge in [0.15, 0.2) is 0 Å². The Balaban J connectivity index is 2.04. The van der Waals surface area contributed by atoms with Crippen molar-refractivity contribution in [3.8, 4) is 0 Å². The van der Waals surface area contributed by atoms with E-state index in [1.54, 1.807) is 12.1 Å². The van der Waals surface area contributed by atoms with Gasteiger partial charge in [0, 0.05) is 12.1 Å². The highest BCUT2D eigenvalue weighted by atomic mass is 32.1. The monoisotopic (exact) mass is 288 g/mol. The lowest BCUT2D eigenvalue weighted by Gasteiger charge is -2.09. The molecule has 0 heterocycles. The molecule has 2 rings (SSSR count). The molecule has 104 valence electrons. The third kappa shape index (κ3) is 3.54. The minimum absolute atomic E-state index is 0.200. The molecular formula is C16H17FN2S. The summed E-state index contributed by atoms with van der Waals surface area (Å²) in [5.41, 5.74) is 8.86. The highest BCUT2D eigenvalue weighted by Crippen LogP contribution is 2.17. The molecule has 0 saturated heterocycles. The van der Waals surface area contributed by atoms with Crippen molar-refractivity contribution in [3.05, 3.63) is 65.0 Å². The fourth-order valence-electron chi connectivity index (χ4n) is 1.90. The molecule has 0 aliphatic rings. The van der Waals surface area contributed by atoms with Crippen LogP contribution >= 0.6 is 12.2 Å². The summed E-state index contributed by atoms with van der Waals surface area (Å²) in [7, 11) is 0. The molecule has 0 spiro atoms. The summed E-state index contributed by atoms with van der Waals surface area (Å²) in [6.07, 6.45) is 1.02. The van der Waals surface area contributed by atoms with Gasteiger partial charge in [0.2, 0.25) is 0 Å². The van der Waals surface area contributed by atoms with Gasteiger partial charge in [-0.2, -0.15) is 0 Å². The topological polar surface area (TPSA) is 38.0 Å². The van der Waals surface area contributed by atoms with Gasteiger partial charge in [0.25, 0.3) is 0 Å². The summed E-state index contributed by atoms with van der Waals surface area (Å²) in [6, 6.07) is 13.0. The van der Waals surface area contributed by atoms with Gasteiger partial charge in [-0.3, -0.25) is 0 Å². The van der Waals surface area contributed by atoms with Gasteiger partial charge in [-0.05, 0) is 35.7 Å². The van der Waals surface area contributed by atoms with E-state index in [4.69, 9.17) is 18.0 Å². The van der Waals surface area contributed by atoms with E-state index < -0.39 is 0 Å². The van der Waals surface area contributed by atoms with Crippen molar-refractivity contribution in [1.82, 2.24) is 0 Å². The van der Waals surface area contributed by atoms with Gasteiger partial charge in [0.1, 0.15) is 10.8 Å². The van der Waals surface area contributed by atoms with E-state index in [1.165, 1.54) is 11.6 Å². The Kier molecular flexibility index (Phi) is 4.69. The second-order valence-corrected chi connectivity index (χ2v) is 5.02. The Bertz CT molecular complexity index is 608. The van der Waals surface area contributed by atoms with Crippen LogP contribution in [-0.2, 0) is 13.0 Å². The van der Waals surface area contributed by atoms with E-state index in [-0.39, 0.29) is 10.8 Å². The number of hydrogen-bond donors (Lipinski definition) is 2. The lowest BCUT2D eigenvalue weighted by Crippen LogP contribution is -2.10. The predicted octanol–water partition coefficient (Wildman–Crippen LogP) is 3.63. The number of thiocarbonyl (C=S) groups is 1. The van der Waals surface area contributed by atoms with Gasteiger partial charge in [-0.15, -0.1) is 0 Å². The summed E-state index contributed by atoms with van der Waals surface area (Å²) < 4.78 is 13.9. The van der Waals surface area contributed by atoms with Crippen LogP contribution in [0.2, 0.25) is 0 Å². The molecule has 0 atom stereocenters. The third-order valence-corrected chi connectivity index (χ3v) is 3.40. The molecule has 2 aromatic carbocycles. The molecule has 0 aliphatic carbocycles. The first-order valence-electron chi connectivity index (χ1n) is 6.51. The Morgan fingerprint density at radius 1 is 1.15 bits per heavy atom. The van der Waals surface area contributed by atoms with Gasteiger partial charge in [-0.1, -0.05) is 43.4 Å². The summed E-state index contributed by atoms with van der Waals surface area (Å²) in [4.78, 5) is 0.200. The Morgan fingerprint density at radius 3 is 2.35 bits per heavy atom. The number of nitrogens with two attached hydrogens (primary N) is 1. The molecule has 2 aromatic rings. The molecule has 0 bridgehead atoms. The van der Waals surface area contributed by atoms with Crippen LogP contribution in [0.1, 0.15) is 23.6 Å². The molecule has 0 unspecified atom stereocenters. The maximum atomic E-state index is 13.9. The Hall–Kier alpha value is -1.94. The Morgan fingerprint density at radius 2 is 1.80 bits per heavy atom. The molecule has 20 heavy (non-hydrogen) atoms. The van der Waals surface area contributed by atoms with Crippen LogP contribution in [0.3, 0.4) is 0 Å². The van der Waals surface area contributed by atoms with E-state index in [9.17, 15) is 4.39 Å². The molecular weight excluding hydrogens is 271 g/mol. The Labute approximate surface area is 123 Å². The van der Waals surface area contributed by atoms with E-state index in [0.29, 0.717) is 17.8 Å². The standard InChI is InChI=1S/C16H17FN2S/c1-2-11-3-5-12(6-4-11)10-19-15-8-7-13(16(18)20)9-14(15)17/h3-9,19H,2,10H2,1H3,(H2,18,20). The lowest BCUT2D eigenvalue weighted by molar-refractivity contribution is 0.630. The minimum Gasteiger partial charge on any atom is -0.389 e. The van der Waals surface area contributed by atoms with Crippen molar-refractivity contribution in [2.24, 2.45) is 5.73 Å². The van der Waals surface area contributed by atoms with Crippen molar-refractivity contribution in [2.75, 3.05) is 5.32 Å². The predicted molar refractivity (Wildman–Crippen MR) is 85.4 cm³/mol. The largest absolute Gasteiger partial charge is 0.389 e. The summed E-state index contributed by atoms with van der Waals surface area (Å²) >= 11 is 4.82. The molecule has 2 nitrogen and oxygen atoms in total. The van der Waals surface area contributed by atoms with E-state index in [2.05, 4.69) is 24.4 Å². The van der Waals surface area contributed by atoms with Crippen molar-refractivity contribution >= 4 is 22.9 Å². The highest BCUT2D eigenvalue weighted by Gasteiger charge is 2.05. The summed E-state index contributed by atoms with van der Waals surface area (Å²) in [5.74, 6) is -0.347. The number of halogens is 1. The number of rotatable bonds is 5. The van der Waals surface area contributed by atoms with Crippen LogP contribution in [0.25, 0.3) is 0 Å². The average molecular weight is 288 g/mol. The van der Waals surface area contributed by atoms with Gasteiger partial charge >= 0.3 is 0 Å². The molecule has 0 fully saturated rings. The van der Waals surface area contributed by atoms with Crippen LogP contribution in [0.4, 0.5) is 10.1 Å². The second-order valence-electron chi connectivity index (χ2n) is 4.58. The molecule has 0 aromatic heterocycles. The number of nitrogens with one attached hydrogen (secondary N) is 1. The van der Waals surface area contributed by atoms with Crippen molar-refractivity contribution < 1.29 is 4.39 Å². The normalized spacial score (nSPS) is 10.3. The highest BCUT2D eigenvalue weighted by molar-refractivity contribution is 7.80. The smallest absolute Gasteiger partial charge is 0.146 e. The second kappa shape index (κ2) is 6.48. The van der Waals surface area contributed by atoms with Crippen molar-refractivity contribution in [1.29, 1.82) is 0 Å². The maximum Gasteiger partial charge on any atom is 0.146 e. The van der Waals surface area contributed by atoms with Crippen LogP contribution in [0.15, 0.2) is 42.5 Å². The number of anilines is 1. The fraction of sp³-hybridized carbons (Fsp3) is 0.188. The molecule has 0 saturated carbocycles. The fourth-order valence-corrected chi connectivity index (χ4v) is 2.03.